The molecule has 0 aliphatic rings. The molecule has 0 spiro atoms. The van der Waals surface area contributed by atoms with Crippen LogP contribution >= 0.6 is 0 Å². The second kappa shape index (κ2) is 4.23. The lowest BCUT2D eigenvalue weighted by atomic mass is 10.1. The first-order chi connectivity index (χ1) is 5.81. The van der Waals surface area contributed by atoms with E-state index in [1.165, 1.54) is 13.8 Å². The molecule has 0 aliphatic carbocycles. The van der Waals surface area contributed by atoms with E-state index in [0.717, 1.165) is 0 Å². The van der Waals surface area contributed by atoms with Gasteiger partial charge in [0.05, 0.1) is 6.04 Å². The molecule has 5 heteroatoms. The van der Waals surface area contributed by atoms with E-state index in [4.69, 9.17) is 10.8 Å². The van der Waals surface area contributed by atoms with Gasteiger partial charge < -0.3 is 16.2 Å². The Hall–Kier alpha value is -1.10. The van der Waals surface area contributed by atoms with E-state index in [1.54, 1.807) is 6.92 Å². The summed E-state index contributed by atoms with van der Waals surface area (Å²) in [7, 11) is 0. The number of carbonyl (C=O) groups excluding carboxylic acids is 1. The zero-order chi connectivity index (χ0) is 10.6. The quantitative estimate of drug-likeness (QED) is 0.565. The standard InChI is InChI=1S/C8H16N2O3/c1-4-5(9)6(11)10-8(2,3)7(12)13/h5H,4,9H2,1-3H3,(H,10,11)(H,12,13). The van der Waals surface area contributed by atoms with E-state index in [2.05, 4.69) is 5.32 Å². The van der Waals surface area contributed by atoms with Crippen molar-refractivity contribution in [1.82, 2.24) is 5.32 Å². The first-order valence-electron chi connectivity index (χ1n) is 4.12. The first-order valence-corrected chi connectivity index (χ1v) is 4.12. The number of nitrogens with two attached hydrogens (primary N) is 1. The van der Waals surface area contributed by atoms with E-state index >= 15 is 0 Å². The molecule has 76 valence electrons. The van der Waals surface area contributed by atoms with Gasteiger partial charge in [-0.2, -0.15) is 0 Å². The third-order valence-electron chi connectivity index (χ3n) is 1.75. The molecule has 1 atom stereocenters. The van der Waals surface area contributed by atoms with Gasteiger partial charge in [-0.25, -0.2) is 4.79 Å². The molecule has 0 heterocycles. The summed E-state index contributed by atoms with van der Waals surface area (Å²) in [4.78, 5) is 21.8. The van der Waals surface area contributed by atoms with Crippen molar-refractivity contribution in [3.05, 3.63) is 0 Å². The third kappa shape index (κ3) is 3.42. The van der Waals surface area contributed by atoms with Gasteiger partial charge in [-0.3, -0.25) is 4.79 Å². The Labute approximate surface area is 77.3 Å². The van der Waals surface area contributed by atoms with Gasteiger partial charge in [0.2, 0.25) is 5.91 Å². The van der Waals surface area contributed by atoms with Crippen LogP contribution in [0.2, 0.25) is 0 Å². The minimum atomic E-state index is -1.26. The molecule has 1 amide bonds. The lowest BCUT2D eigenvalue weighted by molar-refractivity contribution is -0.146. The fraction of sp³-hybridized carbons (Fsp3) is 0.750. The monoisotopic (exact) mass is 188 g/mol. The molecule has 0 aromatic heterocycles. The molecule has 0 aromatic rings. The van der Waals surface area contributed by atoms with Crippen molar-refractivity contribution in [1.29, 1.82) is 0 Å². The average molecular weight is 188 g/mol. The normalized spacial score (nSPS) is 13.5. The Morgan fingerprint density at radius 1 is 1.54 bits per heavy atom. The van der Waals surface area contributed by atoms with E-state index in [-0.39, 0.29) is 0 Å². The van der Waals surface area contributed by atoms with Gasteiger partial charge in [-0.15, -0.1) is 0 Å². The highest BCUT2D eigenvalue weighted by Gasteiger charge is 2.30. The Morgan fingerprint density at radius 3 is 2.31 bits per heavy atom. The van der Waals surface area contributed by atoms with E-state index in [1.807, 2.05) is 0 Å². The summed E-state index contributed by atoms with van der Waals surface area (Å²) in [5.41, 5.74) is 4.16. The molecular weight excluding hydrogens is 172 g/mol. The molecular formula is C8H16N2O3. The second-order valence-electron chi connectivity index (χ2n) is 3.43. The fourth-order valence-corrected chi connectivity index (χ4v) is 0.640. The summed E-state index contributed by atoms with van der Waals surface area (Å²) >= 11 is 0. The molecule has 0 saturated carbocycles. The molecule has 0 fully saturated rings. The number of carboxylic acids is 1. The van der Waals surface area contributed by atoms with Crippen molar-refractivity contribution in [2.24, 2.45) is 5.73 Å². The molecule has 0 saturated heterocycles. The van der Waals surface area contributed by atoms with E-state index < -0.39 is 23.5 Å². The van der Waals surface area contributed by atoms with Crippen LogP contribution in [0, 0.1) is 0 Å². The largest absolute Gasteiger partial charge is 0.480 e. The molecule has 4 N–H and O–H groups in total. The number of nitrogens with one attached hydrogen (secondary N) is 1. The molecule has 13 heavy (non-hydrogen) atoms. The van der Waals surface area contributed by atoms with Crippen LogP contribution in [0.15, 0.2) is 0 Å². The van der Waals surface area contributed by atoms with Gasteiger partial charge in [-0.1, -0.05) is 6.92 Å². The van der Waals surface area contributed by atoms with Crippen LogP contribution in [0.25, 0.3) is 0 Å². The minimum absolute atomic E-state index is 0.435. The lowest BCUT2D eigenvalue weighted by Crippen LogP contribution is -2.54. The van der Waals surface area contributed by atoms with Gasteiger partial charge in [0.1, 0.15) is 5.54 Å². The summed E-state index contributed by atoms with van der Waals surface area (Å²) in [6.45, 7) is 4.59. The first kappa shape index (κ1) is 11.9. The van der Waals surface area contributed by atoms with Gasteiger partial charge >= 0.3 is 5.97 Å². The average Bonchev–Trinajstić information content (AvgIpc) is 2.01. The van der Waals surface area contributed by atoms with Crippen LogP contribution in [-0.4, -0.2) is 28.6 Å². The second-order valence-corrected chi connectivity index (χ2v) is 3.43. The predicted octanol–water partition coefficient (Wildman–Crippen LogP) is -0.297. The van der Waals surface area contributed by atoms with Crippen molar-refractivity contribution in [2.45, 2.75) is 38.8 Å². The molecule has 0 aromatic carbocycles. The molecule has 0 aliphatic heterocycles. The van der Waals surface area contributed by atoms with E-state index in [9.17, 15) is 9.59 Å². The number of amides is 1. The highest BCUT2D eigenvalue weighted by molar-refractivity contribution is 5.88. The van der Waals surface area contributed by atoms with Crippen LogP contribution in [0.5, 0.6) is 0 Å². The molecule has 0 bridgehead atoms. The third-order valence-corrected chi connectivity index (χ3v) is 1.75. The van der Waals surface area contributed by atoms with Crippen LogP contribution < -0.4 is 11.1 Å². The zero-order valence-electron chi connectivity index (χ0n) is 8.13. The lowest BCUT2D eigenvalue weighted by Gasteiger charge is -2.22. The van der Waals surface area contributed by atoms with Crippen LogP contribution in [0.3, 0.4) is 0 Å². The summed E-state index contributed by atoms with van der Waals surface area (Å²) in [5, 5.41) is 11.0. The van der Waals surface area contributed by atoms with Crippen molar-refractivity contribution in [3.8, 4) is 0 Å². The SMILES string of the molecule is CCC(N)C(=O)NC(C)(C)C(=O)O. The maximum atomic E-state index is 11.2. The van der Waals surface area contributed by atoms with Gasteiger partial charge in [0.25, 0.3) is 0 Å². The van der Waals surface area contributed by atoms with Crippen molar-refractivity contribution in [2.75, 3.05) is 0 Å². The number of rotatable bonds is 4. The zero-order valence-corrected chi connectivity index (χ0v) is 8.13. The number of hydrogen-bond donors (Lipinski definition) is 3. The Bertz CT molecular complexity index is 213. The van der Waals surface area contributed by atoms with Crippen LogP contribution in [0.4, 0.5) is 0 Å². The Kier molecular flexibility index (Phi) is 3.87. The maximum absolute atomic E-state index is 11.2. The van der Waals surface area contributed by atoms with Gasteiger partial charge in [-0.05, 0) is 20.3 Å². The van der Waals surface area contributed by atoms with Crippen molar-refractivity contribution >= 4 is 11.9 Å². The highest BCUT2D eigenvalue weighted by atomic mass is 16.4. The number of carboxylic acid groups (broad SMARTS) is 1. The fourth-order valence-electron chi connectivity index (χ4n) is 0.640. The van der Waals surface area contributed by atoms with E-state index in [0.29, 0.717) is 6.42 Å². The number of hydrogen-bond acceptors (Lipinski definition) is 3. The van der Waals surface area contributed by atoms with Gasteiger partial charge in [0.15, 0.2) is 0 Å². The topological polar surface area (TPSA) is 92.4 Å². The van der Waals surface area contributed by atoms with Crippen molar-refractivity contribution < 1.29 is 14.7 Å². The van der Waals surface area contributed by atoms with Crippen molar-refractivity contribution in [3.63, 3.8) is 0 Å². The highest BCUT2D eigenvalue weighted by Crippen LogP contribution is 2.02. The summed E-state index contributed by atoms with van der Waals surface area (Å²) in [6, 6.07) is -0.640. The minimum Gasteiger partial charge on any atom is -0.480 e. The van der Waals surface area contributed by atoms with Crippen LogP contribution in [-0.2, 0) is 9.59 Å². The summed E-state index contributed by atoms with van der Waals surface area (Å²) < 4.78 is 0. The molecule has 5 nitrogen and oxygen atoms in total. The maximum Gasteiger partial charge on any atom is 0.328 e. The Morgan fingerprint density at radius 2 is 2.00 bits per heavy atom. The Balaban J connectivity index is 4.28. The summed E-state index contributed by atoms with van der Waals surface area (Å²) in [5.74, 6) is -1.51. The predicted molar refractivity (Wildman–Crippen MR) is 48.1 cm³/mol. The number of aliphatic carboxylic acids is 1. The molecule has 1 unspecified atom stereocenters. The molecule has 0 rings (SSSR count). The molecule has 0 radical (unpaired) electrons. The summed E-state index contributed by atoms with van der Waals surface area (Å²) in [6.07, 6.45) is 0.488. The number of carbonyl (C=O) groups is 2. The van der Waals surface area contributed by atoms with Crippen LogP contribution in [0.1, 0.15) is 27.2 Å². The smallest absolute Gasteiger partial charge is 0.328 e. The van der Waals surface area contributed by atoms with Gasteiger partial charge in [0, 0.05) is 0 Å².